The minimum Gasteiger partial charge on any atom is -0.358 e. The van der Waals surface area contributed by atoms with E-state index in [1.54, 1.807) is 7.05 Å². The van der Waals surface area contributed by atoms with Gasteiger partial charge >= 0.3 is 0 Å². The Hall–Kier alpha value is -1.14. The lowest BCUT2D eigenvalue weighted by Crippen LogP contribution is -2.38. The number of aromatic nitrogens is 3. The molecule has 2 heterocycles. The van der Waals surface area contributed by atoms with E-state index in [1.165, 1.54) is 0 Å². The smallest absolute Gasteiger partial charge is 0.236 e. The van der Waals surface area contributed by atoms with Gasteiger partial charge in [-0.05, 0) is 18.8 Å². The third-order valence-corrected chi connectivity index (χ3v) is 3.22. The van der Waals surface area contributed by atoms with E-state index >= 15 is 0 Å². The molecule has 2 rings (SSSR count). The molecule has 6 nitrogen and oxygen atoms in total. The molecule has 0 aromatic carbocycles. The van der Waals surface area contributed by atoms with E-state index in [1.807, 2.05) is 10.9 Å². The van der Waals surface area contributed by atoms with Gasteiger partial charge in [-0.15, -0.1) is 17.5 Å². The monoisotopic (exact) mass is 287 g/mol. The first-order valence-electron chi connectivity index (χ1n) is 6.45. The Bertz CT molecular complexity index is 420. The number of nitrogens with zero attached hydrogens (tertiary/aromatic N) is 3. The molecule has 1 aromatic rings. The summed E-state index contributed by atoms with van der Waals surface area (Å²) >= 11 is 0. The van der Waals surface area contributed by atoms with Crippen LogP contribution in [-0.4, -0.2) is 40.5 Å². The Morgan fingerprint density at radius 3 is 3.00 bits per heavy atom. The van der Waals surface area contributed by atoms with Crippen molar-refractivity contribution in [2.24, 2.45) is 5.92 Å². The number of carbonyl (C=O) groups excluding carboxylic acids is 1. The molecule has 108 valence electrons. The summed E-state index contributed by atoms with van der Waals surface area (Å²) < 4.78 is 1.88. The number of hydrogen-bond donors (Lipinski definition) is 2. The van der Waals surface area contributed by atoms with Gasteiger partial charge in [0.15, 0.2) is 0 Å². The maximum atomic E-state index is 11.5. The van der Waals surface area contributed by atoms with Crippen molar-refractivity contribution in [2.45, 2.75) is 38.8 Å². The van der Waals surface area contributed by atoms with Gasteiger partial charge < -0.3 is 10.6 Å². The van der Waals surface area contributed by atoms with Crippen LogP contribution in [0.2, 0.25) is 0 Å². The summed E-state index contributed by atoms with van der Waals surface area (Å²) in [4.78, 5) is 11.5. The van der Waals surface area contributed by atoms with Gasteiger partial charge in [-0.2, -0.15) is 0 Å². The van der Waals surface area contributed by atoms with Crippen LogP contribution in [0.1, 0.15) is 32.0 Å². The molecule has 2 atom stereocenters. The lowest BCUT2D eigenvalue weighted by molar-refractivity contribution is -0.122. The van der Waals surface area contributed by atoms with Crippen LogP contribution in [0.3, 0.4) is 0 Å². The van der Waals surface area contributed by atoms with E-state index in [0.29, 0.717) is 5.92 Å². The zero-order valence-electron chi connectivity index (χ0n) is 11.6. The summed E-state index contributed by atoms with van der Waals surface area (Å²) in [5.74, 6) is 0.621. The van der Waals surface area contributed by atoms with Crippen LogP contribution >= 0.6 is 12.4 Å². The Balaban J connectivity index is 0.00000180. The molecule has 0 saturated carbocycles. The van der Waals surface area contributed by atoms with Crippen LogP contribution in [0.25, 0.3) is 0 Å². The molecule has 1 amide bonds. The predicted molar refractivity (Wildman–Crippen MR) is 75.3 cm³/mol. The average molecular weight is 288 g/mol. The first-order valence-corrected chi connectivity index (χ1v) is 6.45. The first-order chi connectivity index (χ1) is 8.60. The van der Waals surface area contributed by atoms with Crippen molar-refractivity contribution in [3.63, 3.8) is 0 Å². The summed E-state index contributed by atoms with van der Waals surface area (Å²) in [7, 11) is 1.66. The van der Waals surface area contributed by atoms with E-state index in [9.17, 15) is 4.79 Å². The fourth-order valence-corrected chi connectivity index (χ4v) is 2.30. The molecule has 0 bridgehead atoms. The van der Waals surface area contributed by atoms with Crippen molar-refractivity contribution in [3.8, 4) is 0 Å². The zero-order chi connectivity index (χ0) is 13.1. The SMILES string of the molecule is CNC(=O)[C@@H]1C[C@H](n2cc(CC(C)C)nn2)CN1.Cl. The molecular weight excluding hydrogens is 266 g/mol. The van der Waals surface area contributed by atoms with Crippen molar-refractivity contribution in [3.05, 3.63) is 11.9 Å². The maximum absolute atomic E-state index is 11.5. The fourth-order valence-electron chi connectivity index (χ4n) is 2.30. The zero-order valence-corrected chi connectivity index (χ0v) is 12.4. The van der Waals surface area contributed by atoms with Crippen molar-refractivity contribution >= 4 is 18.3 Å². The second-order valence-corrected chi connectivity index (χ2v) is 5.25. The van der Waals surface area contributed by atoms with Gasteiger partial charge in [0, 0.05) is 19.8 Å². The van der Waals surface area contributed by atoms with Crippen LogP contribution in [0.4, 0.5) is 0 Å². The number of nitrogens with one attached hydrogen (secondary N) is 2. The minimum atomic E-state index is -0.113. The van der Waals surface area contributed by atoms with Gasteiger partial charge in [-0.3, -0.25) is 4.79 Å². The van der Waals surface area contributed by atoms with Crippen LogP contribution in [0.5, 0.6) is 0 Å². The van der Waals surface area contributed by atoms with Crippen molar-refractivity contribution in [1.29, 1.82) is 0 Å². The number of hydrogen-bond acceptors (Lipinski definition) is 4. The van der Waals surface area contributed by atoms with Gasteiger partial charge in [0.25, 0.3) is 0 Å². The standard InChI is InChI=1S/C12H21N5O.ClH/c1-8(2)4-9-7-17(16-15-9)10-5-11(14-6-10)12(18)13-3;/h7-8,10-11,14H,4-6H2,1-3H3,(H,13,18);1H/t10-,11-;/m0./s1. The van der Waals surface area contributed by atoms with Crippen LogP contribution in [0.15, 0.2) is 6.20 Å². The van der Waals surface area contributed by atoms with E-state index in [-0.39, 0.29) is 30.4 Å². The van der Waals surface area contributed by atoms with Gasteiger partial charge in [0.1, 0.15) is 0 Å². The third-order valence-electron chi connectivity index (χ3n) is 3.22. The van der Waals surface area contributed by atoms with Gasteiger partial charge in [0.05, 0.1) is 17.8 Å². The Morgan fingerprint density at radius 1 is 1.63 bits per heavy atom. The number of likely N-dealkylation sites (N-methyl/N-ethyl adjacent to an activating group) is 1. The van der Waals surface area contributed by atoms with E-state index in [0.717, 1.165) is 25.1 Å². The largest absolute Gasteiger partial charge is 0.358 e. The van der Waals surface area contributed by atoms with Crippen molar-refractivity contribution in [2.75, 3.05) is 13.6 Å². The highest BCUT2D eigenvalue weighted by Gasteiger charge is 2.30. The lowest BCUT2D eigenvalue weighted by Gasteiger charge is -2.08. The molecule has 1 aromatic heterocycles. The highest BCUT2D eigenvalue weighted by molar-refractivity contribution is 5.85. The highest BCUT2D eigenvalue weighted by atomic mass is 35.5. The summed E-state index contributed by atoms with van der Waals surface area (Å²) in [6.45, 7) is 5.10. The molecule has 2 N–H and O–H groups in total. The molecule has 1 saturated heterocycles. The number of halogens is 1. The molecule has 0 radical (unpaired) electrons. The fraction of sp³-hybridized carbons (Fsp3) is 0.750. The van der Waals surface area contributed by atoms with Crippen LogP contribution < -0.4 is 10.6 Å². The minimum absolute atomic E-state index is 0. The van der Waals surface area contributed by atoms with E-state index in [4.69, 9.17) is 0 Å². The highest BCUT2D eigenvalue weighted by Crippen LogP contribution is 2.19. The van der Waals surface area contributed by atoms with Gasteiger partial charge in [0.2, 0.25) is 5.91 Å². The summed E-state index contributed by atoms with van der Waals surface area (Å²) in [5.41, 5.74) is 1.02. The molecule has 0 spiro atoms. The van der Waals surface area contributed by atoms with Crippen LogP contribution in [-0.2, 0) is 11.2 Å². The molecular formula is C12H22ClN5O. The van der Waals surface area contributed by atoms with E-state index in [2.05, 4.69) is 34.8 Å². The molecule has 1 aliphatic rings. The van der Waals surface area contributed by atoms with Crippen molar-refractivity contribution in [1.82, 2.24) is 25.6 Å². The lowest BCUT2D eigenvalue weighted by atomic mass is 10.1. The molecule has 1 aliphatic heterocycles. The normalized spacial score (nSPS) is 22.3. The summed E-state index contributed by atoms with van der Waals surface area (Å²) in [6, 6.07) is 0.110. The maximum Gasteiger partial charge on any atom is 0.236 e. The number of rotatable bonds is 4. The molecule has 0 unspecified atom stereocenters. The third kappa shape index (κ3) is 3.91. The van der Waals surface area contributed by atoms with Crippen molar-refractivity contribution < 1.29 is 4.79 Å². The van der Waals surface area contributed by atoms with Gasteiger partial charge in [-0.25, -0.2) is 4.68 Å². The second-order valence-electron chi connectivity index (χ2n) is 5.25. The topological polar surface area (TPSA) is 71.8 Å². The number of amides is 1. The van der Waals surface area contributed by atoms with Crippen LogP contribution in [0, 0.1) is 5.92 Å². The Kier molecular flexibility index (Phi) is 5.75. The number of carbonyl (C=O) groups is 1. The first kappa shape index (κ1) is 15.9. The second kappa shape index (κ2) is 6.86. The van der Waals surface area contributed by atoms with Gasteiger partial charge in [-0.1, -0.05) is 19.1 Å². The Labute approximate surface area is 119 Å². The quantitative estimate of drug-likeness (QED) is 0.848. The predicted octanol–water partition coefficient (Wildman–Crippen LogP) is 0.547. The summed E-state index contributed by atoms with van der Waals surface area (Å²) in [5, 5.41) is 14.2. The molecule has 7 heteroatoms. The van der Waals surface area contributed by atoms with E-state index < -0.39 is 0 Å². The Morgan fingerprint density at radius 2 is 2.37 bits per heavy atom. The molecule has 19 heavy (non-hydrogen) atoms. The molecule has 1 fully saturated rings. The molecule has 0 aliphatic carbocycles. The average Bonchev–Trinajstić information content (AvgIpc) is 2.95. The summed E-state index contributed by atoms with van der Waals surface area (Å²) in [6.07, 6.45) is 3.71.